The first-order valence-corrected chi connectivity index (χ1v) is 10.0. The van der Waals surface area contributed by atoms with Gasteiger partial charge in [-0.3, -0.25) is 23.6 Å². The molecule has 0 radical (unpaired) electrons. The zero-order chi connectivity index (χ0) is 22.5. The summed E-state index contributed by atoms with van der Waals surface area (Å²) < 4.78 is 21.8. The molecule has 0 aliphatic heterocycles. The summed E-state index contributed by atoms with van der Waals surface area (Å²) in [6.45, 7) is 1.74. The molecule has 0 aliphatic rings. The summed E-state index contributed by atoms with van der Waals surface area (Å²) in [4.78, 5) is 52.0. The lowest BCUT2D eigenvalue weighted by Crippen LogP contribution is -2.25. The number of aryl methyl sites for hydroxylation is 1. The molecule has 0 bridgehead atoms. The van der Waals surface area contributed by atoms with Crippen molar-refractivity contribution < 1.29 is 18.4 Å². The van der Waals surface area contributed by atoms with Gasteiger partial charge in [0, 0.05) is 33.6 Å². The van der Waals surface area contributed by atoms with Crippen LogP contribution < -0.4 is 21.9 Å². The topological polar surface area (TPSA) is 164 Å². The minimum absolute atomic E-state index is 0.0973. The Hall–Kier alpha value is -3.83. The van der Waals surface area contributed by atoms with Crippen LogP contribution in [0.1, 0.15) is 21.6 Å². The lowest BCUT2D eigenvalue weighted by molar-refractivity contribution is -0.115. The summed E-state index contributed by atoms with van der Waals surface area (Å²) in [6, 6.07) is 11.5. The molecule has 0 spiro atoms. The smallest absolute Gasteiger partial charge is 0.325 e. The number of amides is 2. The molecule has 3 rings (SSSR count). The van der Waals surface area contributed by atoms with Crippen molar-refractivity contribution in [1.29, 1.82) is 0 Å². The second-order valence-corrected chi connectivity index (χ2v) is 7.52. The number of anilines is 2. The van der Waals surface area contributed by atoms with Crippen LogP contribution in [0.2, 0.25) is 0 Å². The van der Waals surface area contributed by atoms with Crippen molar-refractivity contribution in [1.82, 2.24) is 9.97 Å². The molecule has 0 aliphatic carbocycles. The fourth-order valence-electron chi connectivity index (χ4n) is 2.73. The molecule has 3 aromatic rings. The number of rotatable bonds is 6. The first-order chi connectivity index (χ1) is 14.7. The summed E-state index contributed by atoms with van der Waals surface area (Å²) in [6.07, 6.45) is -0.234. The molecular weight excluding hydrogens is 424 g/mol. The van der Waals surface area contributed by atoms with E-state index in [0.717, 1.165) is 6.07 Å². The molecule has 0 fully saturated rings. The zero-order valence-corrected chi connectivity index (χ0v) is 17.0. The number of hydrogen-bond acceptors (Lipinski definition) is 6. The van der Waals surface area contributed by atoms with Crippen molar-refractivity contribution in [2.45, 2.75) is 18.2 Å². The van der Waals surface area contributed by atoms with Gasteiger partial charge in [0.05, 0.1) is 6.42 Å². The van der Waals surface area contributed by atoms with E-state index in [9.17, 15) is 27.9 Å². The number of aromatic nitrogens is 2. The maximum atomic E-state index is 12.5. The lowest BCUT2D eigenvalue weighted by atomic mass is 10.1. The largest absolute Gasteiger partial charge is 0.768 e. The molecule has 1 heterocycles. The van der Waals surface area contributed by atoms with Gasteiger partial charge in [0.15, 0.2) is 0 Å². The van der Waals surface area contributed by atoms with Gasteiger partial charge in [-0.1, -0.05) is 6.07 Å². The molecule has 2 aromatic carbocycles. The standard InChI is InChI=1S/C20H18N4O6S/c1-11-2-3-12(19(27)21-13-4-6-15(7-5-13)31(29)30)8-16(11)23-17(25)9-14-10-18(26)24-20(28)22-14/h2-8,10H,9H2,1H3,(H,21,27)(H,23,25)(H,29,30)(H2,22,24,26,28)/p-1. The summed E-state index contributed by atoms with van der Waals surface area (Å²) in [5, 5.41) is 5.30. The van der Waals surface area contributed by atoms with Crippen molar-refractivity contribution in [2.75, 3.05) is 10.6 Å². The molecule has 11 heteroatoms. The first kappa shape index (κ1) is 21.9. The average molecular weight is 441 g/mol. The Kier molecular flexibility index (Phi) is 6.58. The first-order valence-electron chi connectivity index (χ1n) is 8.95. The van der Waals surface area contributed by atoms with Crippen LogP contribution in [0.25, 0.3) is 0 Å². The highest BCUT2D eigenvalue weighted by molar-refractivity contribution is 7.79. The van der Waals surface area contributed by atoms with E-state index in [1.165, 1.54) is 30.3 Å². The molecule has 1 aromatic heterocycles. The van der Waals surface area contributed by atoms with Crippen LogP contribution >= 0.6 is 0 Å². The van der Waals surface area contributed by atoms with Gasteiger partial charge >= 0.3 is 5.69 Å². The molecule has 160 valence electrons. The number of carbonyl (C=O) groups is 2. The molecule has 10 nitrogen and oxygen atoms in total. The van der Waals surface area contributed by atoms with Gasteiger partial charge < -0.3 is 20.2 Å². The number of aromatic amines is 2. The van der Waals surface area contributed by atoms with E-state index < -0.39 is 34.1 Å². The van der Waals surface area contributed by atoms with Crippen LogP contribution in [-0.2, 0) is 22.3 Å². The van der Waals surface area contributed by atoms with Crippen LogP contribution in [0, 0.1) is 6.92 Å². The summed E-state index contributed by atoms with van der Waals surface area (Å²) in [5.74, 6) is -0.937. The summed E-state index contributed by atoms with van der Waals surface area (Å²) in [5.41, 5.74) is 0.593. The average Bonchev–Trinajstić information content (AvgIpc) is 2.69. The second-order valence-electron chi connectivity index (χ2n) is 6.58. The number of nitrogens with one attached hydrogen (secondary N) is 4. The molecule has 1 unspecified atom stereocenters. The van der Waals surface area contributed by atoms with Crippen LogP contribution in [0.5, 0.6) is 0 Å². The van der Waals surface area contributed by atoms with Crippen LogP contribution in [-0.4, -0.2) is 30.5 Å². The van der Waals surface area contributed by atoms with E-state index in [0.29, 0.717) is 16.9 Å². The zero-order valence-electron chi connectivity index (χ0n) is 16.2. The molecule has 4 N–H and O–H groups in total. The Balaban J connectivity index is 1.72. The minimum Gasteiger partial charge on any atom is -0.768 e. The third-order valence-electron chi connectivity index (χ3n) is 4.25. The quantitative estimate of drug-likeness (QED) is 0.418. The van der Waals surface area contributed by atoms with Crippen LogP contribution in [0.4, 0.5) is 11.4 Å². The van der Waals surface area contributed by atoms with E-state index in [-0.39, 0.29) is 22.6 Å². The van der Waals surface area contributed by atoms with E-state index in [4.69, 9.17) is 0 Å². The monoisotopic (exact) mass is 441 g/mol. The Morgan fingerprint density at radius 3 is 2.35 bits per heavy atom. The highest BCUT2D eigenvalue weighted by Crippen LogP contribution is 2.19. The van der Waals surface area contributed by atoms with Gasteiger partial charge in [0.1, 0.15) is 0 Å². The molecule has 0 saturated heterocycles. The molecule has 1 atom stereocenters. The van der Waals surface area contributed by atoms with E-state index in [2.05, 4.69) is 15.6 Å². The maximum absolute atomic E-state index is 12.5. The second kappa shape index (κ2) is 9.32. The van der Waals surface area contributed by atoms with Crippen molar-refractivity contribution in [3.8, 4) is 0 Å². The minimum atomic E-state index is -2.36. The molecule has 2 amide bonds. The summed E-state index contributed by atoms with van der Waals surface area (Å²) >= 11 is -2.36. The normalized spacial score (nSPS) is 11.5. The van der Waals surface area contributed by atoms with Crippen molar-refractivity contribution in [2.24, 2.45) is 0 Å². The summed E-state index contributed by atoms with van der Waals surface area (Å²) in [7, 11) is 0. The lowest BCUT2D eigenvalue weighted by Gasteiger charge is -2.12. The molecular formula is C20H17N4O6S-. The van der Waals surface area contributed by atoms with Gasteiger partial charge in [-0.25, -0.2) is 4.79 Å². The Morgan fingerprint density at radius 1 is 1.00 bits per heavy atom. The van der Waals surface area contributed by atoms with Gasteiger partial charge in [-0.2, -0.15) is 0 Å². The number of hydrogen-bond donors (Lipinski definition) is 4. The molecule has 0 saturated carbocycles. The van der Waals surface area contributed by atoms with Crippen molar-refractivity contribution in [3.63, 3.8) is 0 Å². The van der Waals surface area contributed by atoms with Gasteiger partial charge in [0.2, 0.25) is 5.91 Å². The van der Waals surface area contributed by atoms with Crippen molar-refractivity contribution >= 4 is 34.3 Å². The highest BCUT2D eigenvalue weighted by Gasteiger charge is 2.12. The SMILES string of the molecule is Cc1ccc(C(=O)Nc2ccc(S(=O)[O-])cc2)cc1NC(=O)Cc1cc(=O)[nH]c(=O)[nH]1. The Bertz CT molecular complexity index is 1250. The highest BCUT2D eigenvalue weighted by atomic mass is 32.2. The van der Waals surface area contributed by atoms with E-state index in [1.54, 1.807) is 19.1 Å². The predicted molar refractivity (Wildman–Crippen MR) is 113 cm³/mol. The fraction of sp³-hybridized carbons (Fsp3) is 0.100. The fourth-order valence-corrected chi connectivity index (χ4v) is 3.09. The van der Waals surface area contributed by atoms with Gasteiger partial charge in [-0.05, 0) is 60.0 Å². The Labute approximate surface area is 178 Å². The third-order valence-corrected chi connectivity index (χ3v) is 4.90. The molecule has 31 heavy (non-hydrogen) atoms. The van der Waals surface area contributed by atoms with Crippen LogP contribution in [0.15, 0.2) is 63.0 Å². The third kappa shape index (κ3) is 5.84. The van der Waals surface area contributed by atoms with E-state index in [1.807, 2.05) is 4.98 Å². The predicted octanol–water partition coefficient (Wildman–Crippen LogP) is 1.04. The van der Waals surface area contributed by atoms with Gasteiger partial charge in [0.25, 0.3) is 11.5 Å². The van der Waals surface area contributed by atoms with Crippen molar-refractivity contribution in [3.05, 3.63) is 86.2 Å². The number of carbonyl (C=O) groups excluding carboxylic acids is 2. The Morgan fingerprint density at radius 2 is 1.71 bits per heavy atom. The number of H-pyrrole nitrogens is 2. The number of benzene rings is 2. The van der Waals surface area contributed by atoms with E-state index >= 15 is 0 Å². The van der Waals surface area contributed by atoms with Crippen LogP contribution in [0.3, 0.4) is 0 Å². The van der Waals surface area contributed by atoms with Gasteiger partial charge in [-0.15, -0.1) is 0 Å². The maximum Gasteiger partial charge on any atom is 0.325 e.